The highest BCUT2D eigenvalue weighted by Crippen LogP contribution is 2.28. The van der Waals surface area contributed by atoms with Gasteiger partial charge in [-0.25, -0.2) is 9.97 Å². The second kappa shape index (κ2) is 6.62. The molecule has 8 heteroatoms. The number of alkyl halides is 3. The van der Waals surface area contributed by atoms with E-state index in [9.17, 15) is 18.0 Å². The minimum atomic E-state index is -4.55. The van der Waals surface area contributed by atoms with Gasteiger partial charge in [-0.3, -0.25) is 4.79 Å². The lowest BCUT2D eigenvalue weighted by molar-refractivity contribution is -0.141. The van der Waals surface area contributed by atoms with Gasteiger partial charge in [0.1, 0.15) is 11.5 Å². The van der Waals surface area contributed by atoms with Gasteiger partial charge in [0, 0.05) is 23.6 Å². The molecule has 0 fully saturated rings. The van der Waals surface area contributed by atoms with Crippen LogP contribution in [0.5, 0.6) is 0 Å². The Bertz CT molecular complexity index is 950. The number of imidazole rings is 1. The second-order valence-corrected chi connectivity index (χ2v) is 5.75. The number of hydrogen-bond acceptors (Lipinski definition) is 3. The van der Waals surface area contributed by atoms with Crippen LogP contribution in [0.25, 0.3) is 11.4 Å². The van der Waals surface area contributed by atoms with Crippen molar-refractivity contribution in [1.29, 1.82) is 0 Å². The summed E-state index contributed by atoms with van der Waals surface area (Å²) in [7, 11) is 0. The van der Waals surface area contributed by atoms with Crippen LogP contribution in [0.3, 0.4) is 0 Å². The molecule has 1 amide bonds. The Hall–Kier alpha value is -3.16. The Kier molecular flexibility index (Phi) is 4.50. The first kappa shape index (κ1) is 17.7. The van der Waals surface area contributed by atoms with E-state index < -0.39 is 17.8 Å². The molecule has 2 N–H and O–H groups in total. The number of aromatic nitrogens is 3. The highest BCUT2D eigenvalue weighted by Gasteiger charge is 2.33. The van der Waals surface area contributed by atoms with E-state index in [2.05, 4.69) is 20.3 Å². The molecule has 0 saturated heterocycles. The summed E-state index contributed by atoms with van der Waals surface area (Å²) < 4.78 is 38.1. The van der Waals surface area contributed by atoms with Crippen LogP contribution < -0.4 is 5.32 Å². The van der Waals surface area contributed by atoms with Crippen molar-refractivity contribution in [2.45, 2.75) is 20.0 Å². The van der Waals surface area contributed by atoms with Crippen LogP contribution in [0.1, 0.15) is 27.3 Å². The molecule has 0 aliphatic carbocycles. The monoisotopic (exact) mass is 360 g/mol. The van der Waals surface area contributed by atoms with Gasteiger partial charge in [0.2, 0.25) is 0 Å². The maximum absolute atomic E-state index is 12.7. The minimum absolute atomic E-state index is 0.0113. The summed E-state index contributed by atoms with van der Waals surface area (Å²) >= 11 is 0. The van der Waals surface area contributed by atoms with Gasteiger partial charge in [0.15, 0.2) is 0 Å². The van der Waals surface area contributed by atoms with Crippen molar-refractivity contribution in [3.05, 3.63) is 65.2 Å². The number of aromatic amines is 1. The van der Waals surface area contributed by atoms with Gasteiger partial charge in [-0.1, -0.05) is 12.1 Å². The number of nitrogens with one attached hydrogen (secondary N) is 2. The van der Waals surface area contributed by atoms with Crippen molar-refractivity contribution in [2.24, 2.45) is 0 Å². The van der Waals surface area contributed by atoms with Gasteiger partial charge < -0.3 is 10.3 Å². The average Bonchev–Trinajstić information content (AvgIpc) is 3.10. The molecule has 26 heavy (non-hydrogen) atoms. The molecule has 0 saturated carbocycles. The van der Waals surface area contributed by atoms with E-state index in [0.717, 1.165) is 23.3 Å². The smallest absolute Gasteiger partial charge is 0.345 e. The van der Waals surface area contributed by atoms with Crippen LogP contribution in [-0.4, -0.2) is 20.9 Å². The summed E-state index contributed by atoms with van der Waals surface area (Å²) in [5.74, 6) is 0.122. The Morgan fingerprint density at radius 1 is 1.15 bits per heavy atom. The normalized spacial score (nSPS) is 11.4. The standard InChI is InChI=1S/C18H15F3N4O/c1-10-3-4-12(16-22-7-8-23-16)9-14(10)25-17(26)13-5-6-15(18(19,20)21)24-11(13)2/h3-9H,1-2H3,(H,22,23)(H,25,26). The highest BCUT2D eigenvalue weighted by atomic mass is 19.4. The Labute approximate surface area is 147 Å². The van der Waals surface area contributed by atoms with E-state index in [1.165, 1.54) is 6.92 Å². The Morgan fingerprint density at radius 3 is 2.54 bits per heavy atom. The molecule has 2 aromatic heterocycles. The first-order valence-electron chi connectivity index (χ1n) is 7.72. The van der Waals surface area contributed by atoms with Gasteiger partial charge >= 0.3 is 6.18 Å². The number of aryl methyl sites for hydroxylation is 2. The first-order chi connectivity index (χ1) is 12.3. The molecular weight excluding hydrogens is 345 g/mol. The van der Waals surface area contributed by atoms with Gasteiger partial charge in [-0.05, 0) is 37.6 Å². The van der Waals surface area contributed by atoms with Crippen molar-refractivity contribution in [2.75, 3.05) is 5.32 Å². The summed E-state index contributed by atoms with van der Waals surface area (Å²) in [6.45, 7) is 3.19. The molecular formula is C18H15F3N4O. The van der Waals surface area contributed by atoms with Crippen LogP contribution in [0.2, 0.25) is 0 Å². The molecule has 3 aromatic rings. The number of hydrogen-bond donors (Lipinski definition) is 2. The van der Waals surface area contributed by atoms with E-state index >= 15 is 0 Å². The maximum atomic E-state index is 12.7. The number of rotatable bonds is 3. The molecule has 0 bridgehead atoms. The van der Waals surface area contributed by atoms with E-state index in [0.29, 0.717) is 11.5 Å². The predicted octanol–water partition coefficient (Wildman–Crippen LogP) is 4.36. The van der Waals surface area contributed by atoms with Crippen molar-refractivity contribution in [1.82, 2.24) is 15.0 Å². The van der Waals surface area contributed by atoms with Crippen LogP contribution in [0.15, 0.2) is 42.7 Å². The molecule has 1 aromatic carbocycles. The number of nitrogens with zero attached hydrogens (tertiary/aromatic N) is 2. The molecule has 5 nitrogen and oxygen atoms in total. The van der Waals surface area contributed by atoms with Crippen LogP contribution in [-0.2, 0) is 6.18 Å². The molecule has 0 unspecified atom stereocenters. The molecule has 0 aliphatic rings. The third kappa shape index (κ3) is 3.58. The number of benzene rings is 1. The lowest BCUT2D eigenvalue weighted by atomic mass is 10.1. The fourth-order valence-corrected chi connectivity index (χ4v) is 2.48. The fraction of sp³-hybridized carbons (Fsp3) is 0.167. The van der Waals surface area contributed by atoms with Gasteiger partial charge in [0.25, 0.3) is 5.91 Å². The second-order valence-electron chi connectivity index (χ2n) is 5.75. The lowest BCUT2D eigenvalue weighted by Gasteiger charge is -2.12. The third-order valence-electron chi connectivity index (χ3n) is 3.88. The number of H-pyrrole nitrogens is 1. The average molecular weight is 360 g/mol. The summed E-state index contributed by atoms with van der Waals surface area (Å²) in [4.78, 5) is 23.1. The van der Waals surface area contributed by atoms with Crippen LogP contribution in [0, 0.1) is 13.8 Å². The van der Waals surface area contributed by atoms with Crippen molar-refractivity contribution >= 4 is 11.6 Å². The predicted molar refractivity (Wildman–Crippen MR) is 90.7 cm³/mol. The van der Waals surface area contributed by atoms with Crippen LogP contribution in [0.4, 0.5) is 18.9 Å². The zero-order valence-electron chi connectivity index (χ0n) is 14.0. The van der Waals surface area contributed by atoms with E-state index in [1.807, 2.05) is 19.1 Å². The molecule has 0 spiro atoms. The third-order valence-corrected chi connectivity index (χ3v) is 3.88. The number of amides is 1. The summed E-state index contributed by atoms with van der Waals surface area (Å²) in [6.07, 6.45) is -1.25. The van der Waals surface area contributed by atoms with Gasteiger partial charge in [0.05, 0.1) is 11.3 Å². The maximum Gasteiger partial charge on any atom is 0.433 e. The van der Waals surface area contributed by atoms with Crippen LogP contribution >= 0.6 is 0 Å². The number of carbonyl (C=O) groups excluding carboxylic acids is 1. The van der Waals surface area contributed by atoms with Gasteiger partial charge in [-0.2, -0.15) is 13.2 Å². The Morgan fingerprint density at radius 2 is 1.92 bits per heavy atom. The first-order valence-corrected chi connectivity index (χ1v) is 7.72. The largest absolute Gasteiger partial charge is 0.433 e. The lowest BCUT2D eigenvalue weighted by Crippen LogP contribution is -2.17. The number of pyridine rings is 1. The molecule has 0 radical (unpaired) electrons. The van der Waals surface area contributed by atoms with Gasteiger partial charge in [-0.15, -0.1) is 0 Å². The van der Waals surface area contributed by atoms with E-state index in [4.69, 9.17) is 0 Å². The molecule has 0 aliphatic heterocycles. The number of anilines is 1. The highest BCUT2D eigenvalue weighted by molar-refractivity contribution is 6.05. The SMILES string of the molecule is Cc1ccc(-c2ncc[nH]2)cc1NC(=O)c1ccc(C(F)(F)F)nc1C. The molecule has 2 heterocycles. The molecule has 134 valence electrons. The summed E-state index contributed by atoms with van der Waals surface area (Å²) in [6, 6.07) is 7.36. The Balaban J connectivity index is 1.88. The molecule has 0 atom stereocenters. The van der Waals surface area contributed by atoms with Crippen molar-refractivity contribution in [3.63, 3.8) is 0 Å². The topological polar surface area (TPSA) is 70.7 Å². The quantitative estimate of drug-likeness (QED) is 0.729. The number of carbonyl (C=O) groups is 1. The van der Waals surface area contributed by atoms with Crippen molar-refractivity contribution < 1.29 is 18.0 Å². The zero-order chi connectivity index (χ0) is 18.9. The van der Waals surface area contributed by atoms with E-state index in [1.54, 1.807) is 18.5 Å². The summed E-state index contributed by atoms with van der Waals surface area (Å²) in [5.41, 5.74) is 1.20. The minimum Gasteiger partial charge on any atom is -0.345 e. The zero-order valence-corrected chi connectivity index (χ0v) is 14.0. The molecule has 3 rings (SSSR count). The number of halogens is 3. The van der Waals surface area contributed by atoms with E-state index in [-0.39, 0.29) is 11.3 Å². The van der Waals surface area contributed by atoms with Crippen molar-refractivity contribution in [3.8, 4) is 11.4 Å². The fourth-order valence-electron chi connectivity index (χ4n) is 2.48. The summed E-state index contributed by atoms with van der Waals surface area (Å²) in [5, 5.41) is 2.73.